The third kappa shape index (κ3) is 74500. The molecule has 0 amide bonds. The van der Waals surface area contributed by atoms with E-state index in [0.717, 1.165) is 0 Å². The minimum Gasteiger partial charge on any atom is -1.00 e. The van der Waals surface area contributed by atoms with E-state index in [1.807, 2.05) is 0 Å². The van der Waals surface area contributed by atoms with E-state index in [1.54, 1.807) is 0 Å². The first-order valence-electron chi connectivity index (χ1n) is 7.82. The van der Waals surface area contributed by atoms with E-state index in [2.05, 4.69) is 0 Å². The molecule has 0 aromatic carbocycles. The first kappa shape index (κ1) is 117. The maximum atomic E-state index is 8.74. The monoisotopic (exact) mass is 1080 g/mol. The van der Waals surface area contributed by atoms with Crippen LogP contribution in [0.15, 0.2) is 0 Å². The zero-order valence-electron chi connectivity index (χ0n) is 33.6. The van der Waals surface area contributed by atoms with Crippen LogP contribution in [0, 0.1) is 0 Å². The van der Waals surface area contributed by atoms with Crippen molar-refractivity contribution in [2.45, 2.75) is 0 Å². The molecule has 0 fully saturated rings. The Hall–Kier alpha value is 1.40. The minimum absolute atomic E-state index is 0. The van der Waals surface area contributed by atoms with Gasteiger partial charge < -0.3 is 124 Å². The summed E-state index contributed by atoms with van der Waals surface area (Å²) >= 11 is 0. The molecule has 54 heteroatoms. The second-order valence-electron chi connectivity index (χ2n) is 3.39. The van der Waals surface area contributed by atoms with E-state index in [-0.39, 0.29) is 186 Å². The molecule has 0 spiro atoms. The summed E-state index contributed by atoms with van der Waals surface area (Å²) in [4.78, 5) is 172. The first-order chi connectivity index (χ1) is 20.8. The fraction of sp³-hybridized carbons (Fsp3) is 0. The third-order valence-electron chi connectivity index (χ3n) is 0. The van der Waals surface area contributed by atoms with Crippen LogP contribution >= 0.6 is 0 Å². The fourth-order valence-electron chi connectivity index (χ4n) is 0. The van der Waals surface area contributed by atoms with Crippen molar-refractivity contribution < 1.29 is 355 Å². The van der Waals surface area contributed by atoms with Crippen molar-refractivity contribution in [3.05, 3.63) is 0 Å². The second kappa shape index (κ2) is 111. The Morgan fingerprint density at radius 2 is 0.148 bits per heavy atom. The van der Waals surface area contributed by atoms with Gasteiger partial charge in [-0.15, -0.1) is 0 Å². The van der Waals surface area contributed by atoms with Gasteiger partial charge in [-0.3, -0.25) is 53.5 Å². The van der Waals surface area contributed by atoms with Crippen LogP contribution in [0.25, 0.3) is 0 Å². The molecule has 300 valence electrons. The molecule has 0 unspecified atom stereocenters. The Balaban J connectivity index is -0.0000000105. The van der Waals surface area contributed by atoms with Crippen LogP contribution in [0.2, 0.25) is 0 Å². The zero-order chi connectivity index (χ0) is 42.9. The molecule has 0 aliphatic heterocycles. The van der Waals surface area contributed by atoms with Gasteiger partial charge >= 0.3 is 287 Å². The fourth-order valence-corrected chi connectivity index (χ4v) is 0. The maximum Gasteiger partial charge on any atom is 1.00 e. The van der Waals surface area contributed by atoms with Crippen LogP contribution in [0.1, 0.15) is 8.56 Å². The summed E-state index contributed by atoms with van der Waals surface area (Å²) in [5.74, 6) is 0. The van der Waals surface area contributed by atoms with Gasteiger partial charge in [-0.1, -0.05) is 0 Å². The predicted molar refractivity (Wildman–Crippen MR) is 137 cm³/mol. The van der Waals surface area contributed by atoms with Crippen molar-refractivity contribution in [3.8, 4) is 0 Å². The van der Waals surface area contributed by atoms with Crippen molar-refractivity contribution in [1.82, 2.24) is 0 Å². The first-order valence-corrected chi connectivity index (χ1v) is 23.4. The molecular weight excluding hydrogens is 1050 g/mol. The summed E-state index contributed by atoms with van der Waals surface area (Å²) in [6.45, 7) is 0. The van der Waals surface area contributed by atoms with Gasteiger partial charge in [0.05, 0.1) is 0 Å². The summed E-state index contributed by atoms with van der Waals surface area (Å²) in [5, 5.41) is 0. The van der Waals surface area contributed by atoms with Crippen molar-refractivity contribution in [2.75, 3.05) is 0 Å². The normalized spacial score (nSPS) is 5.33. The molecule has 0 saturated carbocycles. The van der Waals surface area contributed by atoms with Gasteiger partial charge in [0, 0.05) is 0 Å². The Morgan fingerprint density at radius 1 is 0.148 bits per heavy atom. The van der Waals surface area contributed by atoms with Gasteiger partial charge in [-0.05, 0) is 0 Å². The van der Waals surface area contributed by atoms with E-state index in [4.69, 9.17) is 169 Å². The summed E-state index contributed by atoms with van der Waals surface area (Å²) in [5.41, 5.74) is 0. The summed E-state index contributed by atoms with van der Waals surface area (Å²) in [6, 6.07) is 0. The SMILES string of the molecule is O=[Si](O)O.O=[Si](O)O.O=[Si](O)O.O=[Si](O)O.O=[Si](O)O.O=[Si](O)O.O=[Si](O)O.O=[Si](O)O.O=[Si](O)O.O=[Si](O)O.O=[Si](O)O.O=[Si](O)O.[H-].[H-].[H-].[H-].[H-].[H-].[Na+].[Na+].[Na+].[Na+].[Na+].[Na+]. The average molecular weight is 1080 g/mol. The van der Waals surface area contributed by atoms with Crippen LogP contribution in [0.5, 0.6) is 0 Å². The summed E-state index contributed by atoms with van der Waals surface area (Å²) < 4.78 is 105. The minimum atomic E-state index is -3.13. The molecule has 0 rings (SSSR count). The number of hydrogen-bond acceptors (Lipinski definition) is 12. The molecule has 0 aromatic heterocycles. The maximum absolute atomic E-state index is 8.74. The molecule has 0 atom stereocenters. The van der Waals surface area contributed by atoms with Crippen molar-refractivity contribution >= 4 is 110 Å². The summed E-state index contributed by atoms with van der Waals surface area (Å²) in [6.07, 6.45) is 0. The topological polar surface area (TPSA) is 690 Å². The average Bonchev–Trinajstić information content (AvgIpc) is 2.61. The molecule has 0 saturated heterocycles. The molecule has 36 nitrogen and oxygen atoms in total. The molecule has 0 aliphatic carbocycles. The van der Waals surface area contributed by atoms with Gasteiger partial charge in [0.25, 0.3) is 0 Å². The van der Waals surface area contributed by atoms with Gasteiger partial charge in [0.15, 0.2) is 0 Å². The van der Waals surface area contributed by atoms with Gasteiger partial charge in [0.1, 0.15) is 0 Å². The van der Waals surface area contributed by atoms with Crippen LogP contribution in [-0.2, 0) is 53.5 Å². The van der Waals surface area contributed by atoms with Crippen molar-refractivity contribution in [3.63, 3.8) is 0 Å². The molecule has 24 N–H and O–H groups in total. The van der Waals surface area contributed by atoms with Gasteiger partial charge in [-0.25, -0.2) is 0 Å². The molecular formula is H30Na6O36Si12. The largest absolute Gasteiger partial charge is 1.00 e. The van der Waals surface area contributed by atoms with E-state index >= 15 is 0 Å². The Bertz CT molecular complexity index is 629. The van der Waals surface area contributed by atoms with E-state index in [9.17, 15) is 0 Å². The van der Waals surface area contributed by atoms with E-state index < -0.39 is 110 Å². The standard InChI is InChI=1S/6Na.12H2O3Si.6H/c;;;;;;12*1-4(2)3;;;;;;/h;;;;;;12*1-2H;;;;;;/q6*+1;;;;;;;;;;;;;6*-1. The molecule has 0 radical (unpaired) electrons. The van der Waals surface area contributed by atoms with Crippen LogP contribution < -0.4 is 177 Å². The van der Waals surface area contributed by atoms with E-state index in [0.29, 0.717) is 0 Å². The summed E-state index contributed by atoms with van der Waals surface area (Å²) in [7, 11) is -37.6. The molecule has 54 heavy (non-hydrogen) atoms. The smallest absolute Gasteiger partial charge is 1.00 e. The predicted octanol–water partition coefficient (Wildman–Crippen LogP) is -36.7. The quantitative estimate of drug-likeness (QED) is 0.100. The second-order valence-corrected chi connectivity index (χ2v) is 10.2. The number of hydrogen-bond donors (Lipinski definition) is 24. The van der Waals surface area contributed by atoms with Crippen LogP contribution in [0.4, 0.5) is 0 Å². The van der Waals surface area contributed by atoms with Crippen LogP contribution in [0.3, 0.4) is 0 Å². The van der Waals surface area contributed by atoms with Gasteiger partial charge in [0.2, 0.25) is 0 Å². The molecule has 0 bridgehead atoms. The zero-order valence-corrected chi connectivity index (χ0v) is 51.6. The van der Waals surface area contributed by atoms with Crippen molar-refractivity contribution in [1.29, 1.82) is 0 Å². The Morgan fingerprint density at radius 3 is 0.148 bits per heavy atom. The van der Waals surface area contributed by atoms with Crippen LogP contribution in [-0.4, -0.2) is 225 Å². The molecule has 0 heterocycles. The Labute approximate surface area is 457 Å². The van der Waals surface area contributed by atoms with Gasteiger partial charge in [-0.2, -0.15) is 0 Å². The van der Waals surface area contributed by atoms with E-state index in [1.165, 1.54) is 0 Å². The number of rotatable bonds is 0. The Kier molecular flexibility index (Phi) is 241. The molecule has 0 aliphatic rings. The third-order valence-corrected chi connectivity index (χ3v) is 0. The van der Waals surface area contributed by atoms with Crippen molar-refractivity contribution in [2.24, 2.45) is 0 Å². The molecule has 0 aromatic rings.